The normalized spacial score (nSPS) is 12.9. The largest absolute Gasteiger partial charge is 0.390 e. The van der Waals surface area contributed by atoms with Crippen molar-refractivity contribution < 1.29 is 27.7 Å². The molecule has 0 aliphatic carbocycles. The molecule has 86 valence electrons. The van der Waals surface area contributed by atoms with Crippen molar-refractivity contribution in [3.05, 3.63) is 0 Å². The first-order chi connectivity index (χ1) is 6.44. The van der Waals surface area contributed by atoms with E-state index in [1.54, 1.807) is 0 Å². The number of halogens is 3. The van der Waals surface area contributed by atoms with Crippen LogP contribution in [0.25, 0.3) is 0 Å². The first kappa shape index (κ1) is 13.6. The van der Waals surface area contributed by atoms with Crippen molar-refractivity contribution in [3.8, 4) is 0 Å². The second kappa shape index (κ2) is 6.14. The maximum absolute atomic E-state index is 11.8. The van der Waals surface area contributed by atoms with Crippen LogP contribution in [0.15, 0.2) is 0 Å². The molecule has 5 nitrogen and oxygen atoms in total. The summed E-state index contributed by atoms with van der Waals surface area (Å²) in [7, 11) is 3.69. The van der Waals surface area contributed by atoms with Gasteiger partial charge in [-0.2, -0.15) is 13.2 Å². The Labute approximate surface area is 79.8 Å². The van der Waals surface area contributed by atoms with Crippen LogP contribution in [-0.2, 0) is 14.5 Å². The number of alkyl halides is 3. The van der Waals surface area contributed by atoms with Crippen molar-refractivity contribution in [3.63, 3.8) is 0 Å². The average molecular weight is 218 g/mol. The number of nitrogens with zero attached hydrogens (tertiary/aromatic N) is 2. The molecule has 0 saturated carbocycles. The molecule has 0 rings (SSSR count). The summed E-state index contributed by atoms with van der Waals surface area (Å²) in [5.41, 5.74) is 0. The molecule has 0 aliphatic heterocycles. The highest BCUT2D eigenvalue weighted by Gasteiger charge is 2.29. The fourth-order valence-electron chi connectivity index (χ4n) is 0.719. The van der Waals surface area contributed by atoms with Crippen LogP contribution < -0.4 is 0 Å². The highest BCUT2D eigenvalue weighted by molar-refractivity contribution is 4.50. The predicted octanol–water partition coefficient (Wildman–Crippen LogP) is 1.14. The van der Waals surface area contributed by atoms with Crippen LogP contribution in [0.1, 0.15) is 6.42 Å². The molecule has 0 fully saturated rings. The van der Waals surface area contributed by atoms with Gasteiger partial charge in [0.2, 0.25) is 0 Å². The topological polar surface area (TPSA) is 34.2 Å². The highest BCUT2D eigenvalue weighted by Crippen LogP contribution is 2.20. The Morgan fingerprint density at radius 1 is 1.00 bits per heavy atom. The monoisotopic (exact) mass is 218 g/mol. The lowest BCUT2D eigenvalue weighted by Gasteiger charge is -2.27. The van der Waals surface area contributed by atoms with Gasteiger partial charge in [0.05, 0.1) is 34.3 Å². The molecular weight excluding hydrogens is 205 g/mol. The molecule has 0 aromatic carbocycles. The SMILES string of the molecule is CON(CCC(F)(F)F)N(OC)OC. The number of hydroxylamine groups is 1. The Bertz CT molecular complexity index is 152. The molecule has 0 amide bonds. The minimum atomic E-state index is -4.25. The van der Waals surface area contributed by atoms with Crippen LogP contribution in [0.4, 0.5) is 13.2 Å². The summed E-state index contributed by atoms with van der Waals surface area (Å²) in [6.07, 6.45) is -5.27. The second-order valence-electron chi connectivity index (χ2n) is 2.23. The third-order valence-corrected chi connectivity index (χ3v) is 1.29. The Hall–Kier alpha value is -0.410. The first-order valence-corrected chi connectivity index (χ1v) is 3.71. The van der Waals surface area contributed by atoms with E-state index < -0.39 is 19.1 Å². The Balaban J connectivity index is 4.01. The van der Waals surface area contributed by atoms with Crippen molar-refractivity contribution >= 4 is 0 Å². The third-order valence-electron chi connectivity index (χ3n) is 1.29. The fourth-order valence-corrected chi connectivity index (χ4v) is 0.719. The van der Waals surface area contributed by atoms with Crippen molar-refractivity contribution in [2.45, 2.75) is 12.6 Å². The molecule has 14 heavy (non-hydrogen) atoms. The zero-order valence-electron chi connectivity index (χ0n) is 8.17. The smallest absolute Gasteiger partial charge is 0.283 e. The second-order valence-corrected chi connectivity index (χ2v) is 2.23. The van der Waals surface area contributed by atoms with Gasteiger partial charge in [0, 0.05) is 5.34 Å². The number of hydrazine groups is 1. The van der Waals surface area contributed by atoms with Gasteiger partial charge in [0.25, 0.3) is 0 Å². The number of rotatable bonds is 6. The van der Waals surface area contributed by atoms with Gasteiger partial charge in [-0.3, -0.25) is 14.5 Å². The molecule has 0 atom stereocenters. The average Bonchev–Trinajstić information content (AvgIpc) is 2.10. The van der Waals surface area contributed by atoms with Gasteiger partial charge in [-0.05, 0) is 0 Å². The van der Waals surface area contributed by atoms with E-state index in [4.69, 9.17) is 0 Å². The predicted molar refractivity (Wildman–Crippen MR) is 40.2 cm³/mol. The summed E-state index contributed by atoms with van der Waals surface area (Å²) in [6, 6.07) is 0. The van der Waals surface area contributed by atoms with E-state index in [0.29, 0.717) is 5.34 Å². The van der Waals surface area contributed by atoms with Gasteiger partial charge in [-0.15, -0.1) is 0 Å². The van der Waals surface area contributed by atoms with Crippen molar-refractivity contribution in [2.24, 2.45) is 0 Å². The number of hydrogen-bond acceptors (Lipinski definition) is 5. The summed E-state index contributed by atoms with van der Waals surface area (Å²) >= 11 is 0. The van der Waals surface area contributed by atoms with Crippen molar-refractivity contribution in [1.29, 1.82) is 0 Å². The van der Waals surface area contributed by atoms with Gasteiger partial charge in [0.1, 0.15) is 0 Å². The van der Waals surface area contributed by atoms with Gasteiger partial charge in [-0.1, -0.05) is 5.17 Å². The molecule has 0 aliphatic rings. The van der Waals surface area contributed by atoms with Crippen molar-refractivity contribution in [1.82, 2.24) is 10.5 Å². The van der Waals surface area contributed by atoms with E-state index in [9.17, 15) is 13.2 Å². The zero-order chi connectivity index (χ0) is 11.2. The molecule has 0 N–H and O–H groups in total. The molecule has 0 radical (unpaired) electrons. The Morgan fingerprint density at radius 3 is 1.79 bits per heavy atom. The summed E-state index contributed by atoms with van der Waals surface area (Å²) in [5.74, 6) is 0. The molecule has 0 saturated heterocycles. The van der Waals surface area contributed by atoms with E-state index in [1.165, 1.54) is 21.3 Å². The summed E-state index contributed by atoms with van der Waals surface area (Å²) in [4.78, 5) is 13.7. The maximum atomic E-state index is 11.8. The molecule has 0 spiro atoms. The van der Waals surface area contributed by atoms with Crippen LogP contribution in [0.5, 0.6) is 0 Å². The van der Waals surface area contributed by atoms with Crippen molar-refractivity contribution in [2.75, 3.05) is 27.9 Å². The van der Waals surface area contributed by atoms with Gasteiger partial charge in [-0.25, -0.2) is 0 Å². The van der Waals surface area contributed by atoms with Gasteiger partial charge in [0.15, 0.2) is 0 Å². The van der Waals surface area contributed by atoms with E-state index in [0.717, 1.165) is 5.17 Å². The first-order valence-electron chi connectivity index (χ1n) is 3.71. The molecule has 0 aromatic rings. The van der Waals surface area contributed by atoms with E-state index in [2.05, 4.69) is 14.5 Å². The van der Waals surface area contributed by atoms with E-state index >= 15 is 0 Å². The Kier molecular flexibility index (Phi) is 5.96. The highest BCUT2D eigenvalue weighted by atomic mass is 19.4. The zero-order valence-corrected chi connectivity index (χ0v) is 8.17. The van der Waals surface area contributed by atoms with Crippen LogP contribution in [0.2, 0.25) is 0 Å². The quantitative estimate of drug-likeness (QED) is 0.624. The fraction of sp³-hybridized carbons (Fsp3) is 1.00. The van der Waals surface area contributed by atoms with E-state index in [1.807, 2.05) is 0 Å². The summed E-state index contributed by atoms with van der Waals surface area (Å²) in [5, 5.41) is 1.50. The lowest BCUT2D eigenvalue weighted by Crippen LogP contribution is -2.42. The molecule has 8 heteroatoms. The maximum Gasteiger partial charge on any atom is 0.390 e. The minimum Gasteiger partial charge on any atom is -0.283 e. The molecule has 0 heterocycles. The third kappa shape index (κ3) is 5.35. The van der Waals surface area contributed by atoms with E-state index in [-0.39, 0.29) is 0 Å². The minimum absolute atomic E-state index is 0.415. The lowest BCUT2D eigenvalue weighted by molar-refractivity contribution is -0.516. The lowest BCUT2D eigenvalue weighted by atomic mass is 10.4. The molecular formula is C6H13F3N2O3. The Morgan fingerprint density at radius 2 is 1.50 bits per heavy atom. The summed E-state index contributed by atoms with van der Waals surface area (Å²) < 4.78 is 35.5. The van der Waals surface area contributed by atoms with Gasteiger partial charge < -0.3 is 0 Å². The van der Waals surface area contributed by atoms with Gasteiger partial charge >= 0.3 is 6.18 Å². The molecule has 0 unspecified atom stereocenters. The summed E-state index contributed by atoms with van der Waals surface area (Å²) in [6.45, 7) is -0.415. The van der Waals surface area contributed by atoms with Crippen LogP contribution in [0, 0.1) is 0 Å². The van der Waals surface area contributed by atoms with Crippen LogP contribution in [-0.4, -0.2) is 44.6 Å². The number of hydrogen-bond donors (Lipinski definition) is 0. The molecule has 0 aromatic heterocycles. The molecule has 0 bridgehead atoms. The van der Waals surface area contributed by atoms with Crippen LogP contribution >= 0.6 is 0 Å². The standard InChI is InChI=1S/C6H13F3N2O3/c1-12-10(11(13-2)14-3)5-4-6(7,8)9/h4-5H2,1-3H3. The van der Waals surface area contributed by atoms with Crippen LogP contribution in [0.3, 0.4) is 0 Å².